The average Bonchev–Trinajstić information content (AvgIpc) is 2.87. The summed E-state index contributed by atoms with van der Waals surface area (Å²) in [6, 6.07) is 3.71. The zero-order valence-corrected chi connectivity index (χ0v) is 17.8. The van der Waals surface area contributed by atoms with E-state index in [1.807, 2.05) is 0 Å². The summed E-state index contributed by atoms with van der Waals surface area (Å²) < 4.78 is 40.3. The molecule has 2 N–H and O–H groups in total. The summed E-state index contributed by atoms with van der Waals surface area (Å²) in [6.07, 6.45) is -1.90. The van der Waals surface area contributed by atoms with E-state index >= 15 is 0 Å². The number of thiophene rings is 1. The Morgan fingerprint density at radius 1 is 1.26 bits per heavy atom. The molecule has 1 aliphatic heterocycles. The molecule has 3 heterocycles. The molecule has 0 bridgehead atoms. The van der Waals surface area contributed by atoms with Gasteiger partial charge in [0, 0.05) is 18.7 Å². The van der Waals surface area contributed by atoms with Crippen LogP contribution in [-0.2, 0) is 19.1 Å². The quantitative estimate of drug-likeness (QED) is 0.549. The molecule has 1 aliphatic rings. The van der Waals surface area contributed by atoms with Crippen LogP contribution in [0.4, 0.5) is 28.7 Å². The Hall–Kier alpha value is -2.88. The fourth-order valence-electron chi connectivity index (χ4n) is 3.71. The summed E-state index contributed by atoms with van der Waals surface area (Å²) in [7, 11) is 0. The van der Waals surface area contributed by atoms with Gasteiger partial charge in [-0.3, -0.25) is 14.7 Å². The van der Waals surface area contributed by atoms with Crippen LogP contribution in [-0.4, -0.2) is 15.6 Å². The fourth-order valence-corrected chi connectivity index (χ4v) is 4.79. The molecule has 0 radical (unpaired) electrons. The second kappa shape index (κ2) is 7.99. The average molecular weight is 450 g/mol. The molecule has 0 fully saturated rings. The Kier molecular flexibility index (Phi) is 5.50. The van der Waals surface area contributed by atoms with Gasteiger partial charge in [-0.15, -0.1) is 0 Å². The third-order valence-electron chi connectivity index (χ3n) is 5.51. The van der Waals surface area contributed by atoms with Crippen LogP contribution in [0.3, 0.4) is 0 Å². The number of alkyl halides is 3. The Bertz CT molecular complexity index is 1220. The molecule has 6 nitrogen and oxygen atoms in total. The van der Waals surface area contributed by atoms with Gasteiger partial charge in [0.05, 0.1) is 10.9 Å². The molecule has 0 aliphatic carbocycles. The summed E-state index contributed by atoms with van der Waals surface area (Å²) in [4.78, 5) is 30.7. The number of carbonyl (C=O) groups excluding carboxylic acids is 1. The van der Waals surface area contributed by atoms with Crippen LogP contribution < -0.4 is 16.2 Å². The van der Waals surface area contributed by atoms with E-state index in [0.29, 0.717) is 33.2 Å². The van der Waals surface area contributed by atoms with Crippen LogP contribution in [0.1, 0.15) is 36.7 Å². The summed E-state index contributed by atoms with van der Waals surface area (Å²) in [6.45, 7) is 4.51. The van der Waals surface area contributed by atoms with E-state index in [1.165, 1.54) is 23.5 Å². The molecular weight excluding hydrogens is 429 g/mol. The topological polar surface area (TPSA) is 76.0 Å². The first kappa shape index (κ1) is 21.4. The van der Waals surface area contributed by atoms with Crippen molar-refractivity contribution in [3.63, 3.8) is 0 Å². The van der Waals surface area contributed by atoms with Crippen LogP contribution in [0.2, 0.25) is 0 Å². The summed E-state index contributed by atoms with van der Waals surface area (Å²) in [5.74, 6) is 1.28. The van der Waals surface area contributed by atoms with Crippen LogP contribution in [0.25, 0.3) is 10.2 Å². The molecule has 164 valence electrons. The van der Waals surface area contributed by atoms with E-state index in [2.05, 4.69) is 22.5 Å². The van der Waals surface area contributed by atoms with Gasteiger partial charge in [0.25, 0.3) is 5.56 Å². The van der Waals surface area contributed by atoms with Crippen molar-refractivity contribution in [2.45, 2.75) is 45.8 Å². The van der Waals surface area contributed by atoms with Gasteiger partial charge >= 0.3 is 12.2 Å². The highest BCUT2D eigenvalue weighted by Crippen LogP contribution is 2.34. The lowest BCUT2D eigenvalue weighted by molar-refractivity contribution is -0.137. The first-order valence-electron chi connectivity index (χ1n) is 9.91. The minimum Gasteiger partial charge on any atom is -0.308 e. The monoisotopic (exact) mass is 450 g/mol. The van der Waals surface area contributed by atoms with Gasteiger partial charge in [-0.25, -0.2) is 9.78 Å². The zero-order valence-electron chi connectivity index (χ0n) is 17.0. The lowest BCUT2D eigenvalue weighted by Gasteiger charge is -2.10. The van der Waals surface area contributed by atoms with Gasteiger partial charge in [0.1, 0.15) is 15.7 Å². The van der Waals surface area contributed by atoms with Crippen molar-refractivity contribution in [1.29, 1.82) is 0 Å². The number of halogens is 3. The Balaban J connectivity index is 1.60. The predicted octanol–water partition coefficient (Wildman–Crippen LogP) is 5.40. The van der Waals surface area contributed by atoms with E-state index in [0.717, 1.165) is 37.2 Å². The highest BCUT2D eigenvalue weighted by atomic mass is 32.1. The first-order valence-corrected chi connectivity index (χ1v) is 10.7. The molecule has 1 aromatic carbocycles. The smallest absolute Gasteiger partial charge is 0.308 e. The standard InChI is InChI=1S/C21H21F3N4O2S/c1-11-6-7-15-26-18-16(19(29)28(15)9-8-11)12(2)17(31-18)27-20(30)25-14-5-3-4-13(10-14)21(22,23)24/h3-5,10-11H,6-9H2,1-2H3,(H2,25,27,30)/t11-/m0/s1. The second-order valence-electron chi connectivity index (χ2n) is 7.81. The molecule has 0 saturated heterocycles. The van der Waals surface area contributed by atoms with Crippen molar-refractivity contribution in [2.75, 3.05) is 10.6 Å². The Labute approximate surface area is 180 Å². The van der Waals surface area contributed by atoms with Crippen LogP contribution in [0, 0.1) is 12.8 Å². The van der Waals surface area contributed by atoms with Gasteiger partial charge in [0.15, 0.2) is 0 Å². The van der Waals surface area contributed by atoms with Crippen molar-refractivity contribution in [3.8, 4) is 0 Å². The number of hydrogen-bond acceptors (Lipinski definition) is 4. The third kappa shape index (κ3) is 4.30. The molecule has 2 amide bonds. The maximum Gasteiger partial charge on any atom is 0.416 e. The zero-order chi connectivity index (χ0) is 22.3. The van der Waals surface area contributed by atoms with Crippen molar-refractivity contribution in [1.82, 2.24) is 9.55 Å². The van der Waals surface area contributed by atoms with Crippen LogP contribution >= 0.6 is 11.3 Å². The lowest BCUT2D eigenvalue weighted by atomic mass is 10.0. The predicted molar refractivity (Wildman–Crippen MR) is 115 cm³/mol. The molecule has 10 heteroatoms. The van der Waals surface area contributed by atoms with Gasteiger partial charge < -0.3 is 5.32 Å². The maximum absolute atomic E-state index is 13.1. The van der Waals surface area contributed by atoms with Crippen molar-refractivity contribution < 1.29 is 18.0 Å². The largest absolute Gasteiger partial charge is 0.416 e. The number of anilines is 2. The molecule has 0 unspecified atom stereocenters. The van der Waals surface area contributed by atoms with Gasteiger partial charge in [-0.05, 0) is 49.4 Å². The minimum atomic E-state index is -4.50. The van der Waals surface area contributed by atoms with E-state index in [1.54, 1.807) is 11.5 Å². The maximum atomic E-state index is 13.1. The Morgan fingerprint density at radius 2 is 2.03 bits per heavy atom. The van der Waals surface area contributed by atoms with Crippen LogP contribution in [0.5, 0.6) is 0 Å². The number of amides is 2. The minimum absolute atomic E-state index is 0.0186. The molecule has 0 saturated carbocycles. The number of aryl methyl sites for hydroxylation is 2. The van der Waals surface area contributed by atoms with E-state index in [4.69, 9.17) is 0 Å². The summed E-state index contributed by atoms with van der Waals surface area (Å²) in [5.41, 5.74) is -0.347. The molecular formula is C21H21F3N4O2S. The van der Waals surface area contributed by atoms with E-state index in [-0.39, 0.29) is 11.2 Å². The van der Waals surface area contributed by atoms with Crippen molar-refractivity contribution in [3.05, 3.63) is 51.6 Å². The fraction of sp³-hybridized carbons (Fsp3) is 0.381. The summed E-state index contributed by atoms with van der Waals surface area (Å²) in [5, 5.41) is 5.97. The number of rotatable bonds is 2. The van der Waals surface area contributed by atoms with E-state index in [9.17, 15) is 22.8 Å². The van der Waals surface area contributed by atoms with Gasteiger partial charge in [-0.2, -0.15) is 13.2 Å². The number of nitrogens with zero attached hydrogens (tertiary/aromatic N) is 2. The lowest BCUT2D eigenvalue weighted by Crippen LogP contribution is -2.24. The highest BCUT2D eigenvalue weighted by Gasteiger charge is 2.30. The van der Waals surface area contributed by atoms with E-state index < -0.39 is 17.8 Å². The normalized spacial score (nSPS) is 16.6. The Morgan fingerprint density at radius 3 is 2.77 bits per heavy atom. The van der Waals surface area contributed by atoms with Gasteiger partial charge in [0.2, 0.25) is 0 Å². The number of fused-ring (bicyclic) bond motifs is 2. The highest BCUT2D eigenvalue weighted by molar-refractivity contribution is 7.22. The number of carbonyl (C=O) groups is 1. The van der Waals surface area contributed by atoms with Crippen molar-refractivity contribution >= 4 is 38.3 Å². The number of aromatic nitrogens is 2. The molecule has 1 atom stereocenters. The number of benzene rings is 1. The SMILES string of the molecule is Cc1c(NC(=O)Nc2cccc(C(F)(F)F)c2)sc2nc3n(c(=O)c12)CC[C@@H](C)CC3. The number of urea groups is 1. The third-order valence-corrected chi connectivity index (χ3v) is 6.61. The second-order valence-corrected chi connectivity index (χ2v) is 8.81. The molecule has 0 spiro atoms. The molecule has 3 aromatic rings. The molecule has 4 rings (SSSR count). The van der Waals surface area contributed by atoms with Crippen LogP contribution in [0.15, 0.2) is 29.1 Å². The number of nitrogens with one attached hydrogen (secondary N) is 2. The first-order chi connectivity index (χ1) is 14.6. The number of hydrogen-bond donors (Lipinski definition) is 2. The van der Waals surface area contributed by atoms with Crippen molar-refractivity contribution in [2.24, 2.45) is 5.92 Å². The van der Waals surface area contributed by atoms with Gasteiger partial charge in [-0.1, -0.05) is 24.3 Å². The summed E-state index contributed by atoms with van der Waals surface area (Å²) >= 11 is 1.19. The molecule has 2 aromatic heterocycles. The molecule has 31 heavy (non-hydrogen) atoms.